The molecule has 0 heterocycles. The molecule has 2 aliphatic rings. The second-order valence-electron chi connectivity index (χ2n) is 7.94. The number of hydrogen-bond acceptors (Lipinski definition) is 2. The van der Waals surface area contributed by atoms with E-state index in [1.807, 2.05) is 0 Å². The van der Waals surface area contributed by atoms with E-state index in [-0.39, 0.29) is 12.2 Å². The lowest BCUT2D eigenvalue weighted by atomic mass is 9.58. The molecule has 0 spiro atoms. The van der Waals surface area contributed by atoms with Crippen molar-refractivity contribution in [3.63, 3.8) is 0 Å². The predicted octanol–water partition coefficient (Wildman–Crippen LogP) is 3.61. The van der Waals surface area contributed by atoms with Crippen molar-refractivity contribution < 1.29 is 10.2 Å². The molecule has 2 nitrogen and oxygen atoms in total. The Morgan fingerprint density at radius 1 is 0.789 bits per heavy atom. The minimum absolute atomic E-state index is 0.0573. The Morgan fingerprint density at radius 2 is 1.26 bits per heavy atom. The molecule has 2 heteroatoms. The molecule has 2 fully saturated rings. The highest BCUT2D eigenvalue weighted by Crippen LogP contribution is 2.50. The number of hydrogen-bond donors (Lipinski definition) is 2. The molecule has 2 unspecified atom stereocenters. The fourth-order valence-electron chi connectivity index (χ4n) is 4.59. The maximum Gasteiger partial charge on any atom is 0.0591 e. The molecular formula is C17H32O2. The van der Waals surface area contributed by atoms with Crippen LogP contribution in [0.5, 0.6) is 0 Å². The summed E-state index contributed by atoms with van der Waals surface area (Å²) in [7, 11) is 0. The van der Waals surface area contributed by atoms with Gasteiger partial charge in [0.25, 0.3) is 0 Å². The summed E-state index contributed by atoms with van der Waals surface area (Å²) in [6, 6.07) is 0. The highest BCUT2D eigenvalue weighted by Gasteiger charge is 2.43. The topological polar surface area (TPSA) is 40.5 Å². The SMILES string of the molecule is CC1CC(C(C)(C)C2CCC(O)CC2)CC(C)C1O. The van der Waals surface area contributed by atoms with Crippen LogP contribution >= 0.6 is 0 Å². The average Bonchev–Trinajstić information content (AvgIpc) is 2.35. The zero-order valence-corrected chi connectivity index (χ0v) is 13.1. The predicted molar refractivity (Wildman–Crippen MR) is 78.8 cm³/mol. The van der Waals surface area contributed by atoms with Crippen LogP contribution in [0.1, 0.15) is 66.2 Å². The molecule has 0 aromatic rings. The van der Waals surface area contributed by atoms with Crippen molar-refractivity contribution >= 4 is 0 Å². The van der Waals surface area contributed by atoms with E-state index in [1.54, 1.807) is 0 Å². The Kier molecular flexibility index (Phi) is 4.62. The molecule has 2 saturated carbocycles. The van der Waals surface area contributed by atoms with Crippen molar-refractivity contribution in [3.05, 3.63) is 0 Å². The van der Waals surface area contributed by atoms with Crippen molar-refractivity contribution in [1.82, 2.24) is 0 Å². The summed E-state index contributed by atoms with van der Waals surface area (Å²) in [5.41, 5.74) is 0.350. The summed E-state index contributed by atoms with van der Waals surface area (Å²) >= 11 is 0. The second-order valence-corrected chi connectivity index (χ2v) is 7.94. The first-order valence-corrected chi connectivity index (χ1v) is 8.18. The third-order valence-electron chi connectivity index (χ3n) is 6.28. The zero-order chi connectivity index (χ0) is 14.2. The minimum Gasteiger partial charge on any atom is -0.393 e. The van der Waals surface area contributed by atoms with Crippen molar-refractivity contribution in [1.29, 1.82) is 0 Å². The number of aliphatic hydroxyl groups excluding tert-OH is 2. The smallest absolute Gasteiger partial charge is 0.0591 e. The van der Waals surface area contributed by atoms with Gasteiger partial charge in [-0.2, -0.15) is 0 Å². The van der Waals surface area contributed by atoms with E-state index in [0.717, 1.165) is 37.5 Å². The normalized spacial score (nSPS) is 45.2. The molecule has 2 rings (SSSR count). The molecule has 2 atom stereocenters. The lowest BCUT2D eigenvalue weighted by Crippen LogP contribution is -2.43. The quantitative estimate of drug-likeness (QED) is 0.803. The molecule has 0 aromatic heterocycles. The fraction of sp³-hybridized carbons (Fsp3) is 1.00. The zero-order valence-electron chi connectivity index (χ0n) is 13.1. The lowest BCUT2D eigenvalue weighted by Gasteiger charge is -2.49. The third kappa shape index (κ3) is 3.16. The molecule has 19 heavy (non-hydrogen) atoms. The summed E-state index contributed by atoms with van der Waals surface area (Å²) in [6.45, 7) is 9.26. The van der Waals surface area contributed by atoms with Gasteiger partial charge in [0.15, 0.2) is 0 Å². The van der Waals surface area contributed by atoms with Crippen LogP contribution in [0.15, 0.2) is 0 Å². The third-order valence-corrected chi connectivity index (χ3v) is 6.28. The number of aliphatic hydroxyl groups is 2. The van der Waals surface area contributed by atoms with Crippen LogP contribution in [0.3, 0.4) is 0 Å². The van der Waals surface area contributed by atoms with Gasteiger partial charge in [-0.3, -0.25) is 0 Å². The first-order chi connectivity index (χ1) is 8.82. The van der Waals surface area contributed by atoms with Crippen molar-refractivity contribution in [3.8, 4) is 0 Å². The van der Waals surface area contributed by atoms with Crippen molar-refractivity contribution in [2.45, 2.75) is 78.4 Å². The molecule has 0 bridgehead atoms. The van der Waals surface area contributed by atoms with Gasteiger partial charge in [0.1, 0.15) is 0 Å². The van der Waals surface area contributed by atoms with Crippen LogP contribution < -0.4 is 0 Å². The van der Waals surface area contributed by atoms with Gasteiger partial charge in [-0.1, -0.05) is 27.7 Å². The summed E-state index contributed by atoms with van der Waals surface area (Å²) < 4.78 is 0. The van der Waals surface area contributed by atoms with Crippen molar-refractivity contribution in [2.75, 3.05) is 0 Å². The molecule has 2 N–H and O–H groups in total. The Labute approximate surface area is 118 Å². The van der Waals surface area contributed by atoms with E-state index in [9.17, 15) is 10.2 Å². The molecular weight excluding hydrogens is 236 g/mol. The second kappa shape index (κ2) is 5.73. The van der Waals surface area contributed by atoms with Crippen LogP contribution in [0.2, 0.25) is 0 Å². The van der Waals surface area contributed by atoms with Gasteiger partial charge in [0.2, 0.25) is 0 Å². The molecule has 0 aromatic carbocycles. The Morgan fingerprint density at radius 3 is 1.74 bits per heavy atom. The van der Waals surface area contributed by atoms with Crippen LogP contribution in [0.4, 0.5) is 0 Å². The fourth-order valence-corrected chi connectivity index (χ4v) is 4.59. The molecule has 0 aliphatic heterocycles. The van der Waals surface area contributed by atoms with Crippen molar-refractivity contribution in [2.24, 2.45) is 29.1 Å². The maximum absolute atomic E-state index is 10.1. The monoisotopic (exact) mass is 268 g/mol. The van der Waals surface area contributed by atoms with Gasteiger partial charge in [0, 0.05) is 0 Å². The summed E-state index contributed by atoms with van der Waals surface area (Å²) in [5, 5.41) is 19.8. The highest BCUT2D eigenvalue weighted by molar-refractivity contribution is 4.93. The molecule has 0 amide bonds. The van der Waals surface area contributed by atoms with E-state index < -0.39 is 0 Å². The van der Waals surface area contributed by atoms with E-state index >= 15 is 0 Å². The standard InChI is InChI=1S/C17H32O2/c1-11-9-14(10-12(2)16(11)19)17(3,4)13-5-7-15(18)8-6-13/h11-16,18-19H,5-10H2,1-4H3. The van der Waals surface area contributed by atoms with Crippen LogP contribution in [-0.4, -0.2) is 22.4 Å². The number of rotatable bonds is 2. The first kappa shape index (κ1) is 15.3. The van der Waals surface area contributed by atoms with E-state index in [2.05, 4.69) is 27.7 Å². The molecule has 0 saturated heterocycles. The lowest BCUT2D eigenvalue weighted by molar-refractivity contribution is -0.0455. The van der Waals surface area contributed by atoms with Crippen LogP contribution in [0.25, 0.3) is 0 Å². The summed E-state index contributed by atoms with van der Waals surface area (Å²) in [6.07, 6.45) is 6.47. The maximum atomic E-state index is 10.1. The largest absolute Gasteiger partial charge is 0.393 e. The molecule has 112 valence electrons. The summed E-state index contributed by atoms with van der Waals surface area (Å²) in [4.78, 5) is 0. The van der Waals surface area contributed by atoms with Gasteiger partial charge in [-0.25, -0.2) is 0 Å². The Hall–Kier alpha value is -0.0800. The average molecular weight is 268 g/mol. The van der Waals surface area contributed by atoms with E-state index in [4.69, 9.17) is 0 Å². The van der Waals surface area contributed by atoms with Gasteiger partial charge in [-0.05, 0) is 67.6 Å². The molecule has 2 aliphatic carbocycles. The van der Waals surface area contributed by atoms with Crippen LogP contribution in [-0.2, 0) is 0 Å². The van der Waals surface area contributed by atoms with E-state index in [0.29, 0.717) is 17.3 Å². The highest BCUT2D eigenvalue weighted by atomic mass is 16.3. The van der Waals surface area contributed by atoms with Gasteiger partial charge < -0.3 is 10.2 Å². The Balaban J connectivity index is 2.02. The van der Waals surface area contributed by atoms with Gasteiger partial charge in [-0.15, -0.1) is 0 Å². The van der Waals surface area contributed by atoms with Crippen LogP contribution in [0, 0.1) is 29.1 Å². The Bertz CT molecular complexity index is 280. The first-order valence-electron chi connectivity index (χ1n) is 8.18. The van der Waals surface area contributed by atoms with Gasteiger partial charge in [0.05, 0.1) is 12.2 Å². The van der Waals surface area contributed by atoms with Gasteiger partial charge >= 0.3 is 0 Å². The van der Waals surface area contributed by atoms with E-state index in [1.165, 1.54) is 12.8 Å². The summed E-state index contributed by atoms with van der Waals surface area (Å²) in [5.74, 6) is 2.33. The molecule has 0 radical (unpaired) electrons. The minimum atomic E-state index is -0.111.